The van der Waals surface area contributed by atoms with Crippen LogP contribution >= 0.6 is 0 Å². The number of carbonyl (C=O) groups excluding carboxylic acids is 4. The number of aryl methyl sites for hydroxylation is 2. The fourth-order valence-corrected chi connectivity index (χ4v) is 7.95. The minimum absolute atomic E-state index is 0.0113. The summed E-state index contributed by atoms with van der Waals surface area (Å²) >= 11 is 0. The SMILES string of the molecule is CCCCCCCC(NC(C)=O)c1ccc(CCC(CCC)(COC(C)=O)NC(C)=O)cc1.CCCCCCCC(NC(C)=O)c1ccc(CCC(N)(CO)CCC)cc1. The lowest BCUT2D eigenvalue weighted by Crippen LogP contribution is -2.51. The first-order chi connectivity index (χ1) is 28.6. The molecule has 6 N–H and O–H groups in total. The summed E-state index contributed by atoms with van der Waals surface area (Å²) in [5.74, 6) is -0.456. The van der Waals surface area contributed by atoms with E-state index in [1.54, 1.807) is 13.8 Å². The molecular formula is C50H84N4O6. The van der Waals surface area contributed by atoms with Crippen molar-refractivity contribution in [3.63, 3.8) is 0 Å². The number of aliphatic hydroxyl groups excluding tert-OH is 1. The molecule has 0 saturated carbocycles. The summed E-state index contributed by atoms with van der Waals surface area (Å²) in [4.78, 5) is 46.6. The molecule has 3 amide bonds. The third-order valence-corrected chi connectivity index (χ3v) is 11.3. The van der Waals surface area contributed by atoms with Gasteiger partial charge in [-0.3, -0.25) is 19.2 Å². The molecule has 10 heteroatoms. The Morgan fingerprint density at radius 2 is 1.02 bits per heavy atom. The molecule has 0 aliphatic carbocycles. The molecule has 0 bridgehead atoms. The topological polar surface area (TPSA) is 160 Å². The van der Waals surface area contributed by atoms with Crippen molar-refractivity contribution in [3.05, 3.63) is 70.8 Å². The fourth-order valence-electron chi connectivity index (χ4n) is 7.95. The lowest BCUT2D eigenvalue weighted by atomic mass is 9.87. The summed E-state index contributed by atoms with van der Waals surface area (Å²) in [5.41, 5.74) is 9.89. The van der Waals surface area contributed by atoms with Gasteiger partial charge in [-0.25, -0.2) is 0 Å². The summed E-state index contributed by atoms with van der Waals surface area (Å²) < 4.78 is 5.30. The Balaban J connectivity index is 0.000000612. The van der Waals surface area contributed by atoms with Gasteiger partial charge in [0.05, 0.1) is 24.2 Å². The van der Waals surface area contributed by atoms with Gasteiger partial charge in [0.2, 0.25) is 17.7 Å². The summed E-state index contributed by atoms with van der Waals surface area (Å²) in [6.07, 6.45) is 20.6. The van der Waals surface area contributed by atoms with Gasteiger partial charge in [0.1, 0.15) is 6.61 Å². The number of ether oxygens (including phenoxy) is 1. The van der Waals surface area contributed by atoms with Crippen molar-refractivity contribution >= 4 is 23.7 Å². The Labute approximate surface area is 364 Å². The Morgan fingerprint density at radius 3 is 1.38 bits per heavy atom. The number of benzene rings is 2. The van der Waals surface area contributed by atoms with Crippen LogP contribution in [0.15, 0.2) is 48.5 Å². The van der Waals surface area contributed by atoms with Crippen molar-refractivity contribution in [3.8, 4) is 0 Å². The lowest BCUT2D eigenvalue weighted by Gasteiger charge is -2.34. The Kier molecular flexibility index (Phi) is 28.2. The zero-order valence-corrected chi connectivity index (χ0v) is 38.9. The molecule has 0 spiro atoms. The Bertz CT molecular complexity index is 1480. The van der Waals surface area contributed by atoms with E-state index in [9.17, 15) is 24.3 Å². The number of amides is 3. The quantitative estimate of drug-likeness (QED) is 0.0387. The first-order valence-corrected chi connectivity index (χ1v) is 23.2. The van der Waals surface area contributed by atoms with E-state index in [1.165, 1.54) is 76.3 Å². The summed E-state index contributed by atoms with van der Waals surface area (Å²) in [6.45, 7) is 14.8. The zero-order chi connectivity index (χ0) is 44.8. The van der Waals surface area contributed by atoms with Crippen molar-refractivity contribution in [2.75, 3.05) is 13.2 Å². The van der Waals surface area contributed by atoms with Gasteiger partial charge in [-0.2, -0.15) is 0 Å². The minimum Gasteiger partial charge on any atom is -0.463 e. The van der Waals surface area contributed by atoms with Crippen molar-refractivity contribution in [1.29, 1.82) is 0 Å². The first-order valence-electron chi connectivity index (χ1n) is 23.2. The monoisotopic (exact) mass is 837 g/mol. The van der Waals surface area contributed by atoms with E-state index in [2.05, 4.69) is 92.2 Å². The van der Waals surface area contributed by atoms with Crippen LogP contribution in [0.2, 0.25) is 0 Å². The predicted octanol–water partition coefficient (Wildman–Crippen LogP) is 10.0. The van der Waals surface area contributed by atoms with E-state index >= 15 is 0 Å². The number of hydrogen-bond acceptors (Lipinski definition) is 7. The van der Waals surface area contributed by atoms with Gasteiger partial charge in [-0.1, -0.05) is 153 Å². The number of nitrogens with one attached hydrogen (secondary N) is 3. The first kappa shape index (κ1) is 54.3. The van der Waals surface area contributed by atoms with Gasteiger partial charge < -0.3 is 31.5 Å². The van der Waals surface area contributed by atoms with Crippen LogP contribution in [0.1, 0.15) is 205 Å². The standard InChI is InChI=1S/C27H44N2O4.C23H40N2O2/c1-6-8-9-10-11-12-26(28-21(3)30)25-15-13-24(14-16-25)17-19-27(18-7-2,29-22(4)31)20-33-23(5)32;1-4-6-7-8-9-10-22(25-19(3)27)21-13-11-20(12-14-21)15-17-23(24,18-26)16-5-2/h13-16,26H,6-12,17-20H2,1-5H3,(H,28,30)(H,29,31);11-14,22,26H,4-10,15-18,24H2,1-3H3,(H,25,27). The van der Waals surface area contributed by atoms with Crippen LogP contribution in [0.4, 0.5) is 0 Å². The van der Waals surface area contributed by atoms with Crippen molar-refractivity contribution in [2.45, 2.75) is 207 Å². The smallest absolute Gasteiger partial charge is 0.302 e. The largest absolute Gasteiger partial charge is 0.463 e. The highest BCUT2D eigenvalue weighted by molar-refractivity contribution is 5.74. The molecule has 0 saturated heterocycles. The van der Waals surface area contributed by atoms with Gasteiger partial charge in [-0.05, 0) is 73.6 Å². The van der Waals surface area contributed by atoms with Gasteiger partial charge in [0.15, 0.2) is 0 Å². The highest BCUT2D eigenvalue weighted by atomic mass is 16.5. The summed E-state index contributed by atoms with van der Waals surface area (Å²) in [7, 11) is 0. The van der Waals surface area contributed by atoms with Gasteiger partial charge in [-0.15, -0.1) is 0 Å². The number of aliphatic hydroxyl groups is 1. The molecule has 2 aromatic rings. The highest BCUT2D eigenvalue weighted by Crippen LogP contribution is 2.26. The van der Waals surface area contributed by atoms with E-state index in [1.807, 2.05) is 0 Å². The van der Waals surface area contributed by atoms with Gasteiger partial charge >= 0.3 is 5.97 Å². The number of unbranched alkanes of at least 4 members (excludes halogenated alkanes) is 8. The van der Waals surface area contributed by atoms with Crippen LogP contribution in [0, 0.1) is 0 Å². The summed E-state index contributed by atoms with van der Waals surface area (Å²) in [5, 5.41) is 18.8. The molecule has 10 nitrogen and oxygen atoms in total. The Morgan fingerprint density at radius 1 is 0.583 bits per heavy atom. The average molecular weight is 837 g/mol. The van der Waals surface area contributed by atoms with Gasteiger partial charge in [0.25, 0.3) is 0 Å². The number of esters is 1. The fraction of sp³-hybridized carbons (Fsp3) is 0.680. The molecule has 0 radical (unpaired) electrons. The zero-order valence-electron chi connectivity index (χ0n) is 38.9. The van der Waals surface area contributed by atoms with Crippen LogP contribution in [-0.2, 0) is 36.8 Å². The molecule has 4 unspecified atom stereocenters. The van der Waals surface area contributed by atoms with Gasteiger partial charge in [0, 0.05) is 33.2 Å². The van der Waals surface area contributed by atoms with Crippen molar-refractivity contribution in [1.82, 2.24) is 16.0 Å². The summed E-state index contributed by atoms with van der Waals surface area (Å²) in [6, 6.07) is 17.0. The molecule has 0 heterocycles. The molecule has 4 atom stereocenters. The third-order valence-electron chi connectivity index (χ3n) is 11.3. The van der Waals surface area contributed by atoms with Crippen LogP contribution in [0.5, 0.6) is 0 Å². The molecule has 0 fully saturated rings. The Hall–Kier alpha value is -3.76. The highest BCUT2D eigenvalue weighted by Gasteiger charge is 2.31. The van der Waals surface area contributed by atoms with E-state index in [4.69, 9.17) is 10.5 Å². The van der Waals surface area contributed by atoms with E-state index in [0.717, 1.165) is 81.8 Å². The molecule has 0 aliphatic rings. The van der Waals surface area contributed by atoms with E-state index in [0.29, 0.717) is 6.42 Å². The second-order valence-electron chi connectivity index (χ2n) is 17.2. The van der Waals surface area contributed by atoms with Crippen molar-refractivity contribution < 1.29 is 29.0 Å². The second kappa shape index (κ2) is 31.1. The maximum Gasteiger partial charge on any atom is 0.302 e. The van der Waals surface area contributed by atoms with Crippen LogP contribution in [0.3, 0.4) is 0 Å². The second-order valence-corrected chi connectivity index (χ2v) is 17.2. The molecule has 340 valence electrons. The van der Waals surface area contributed by atoms with E-state index < -0.39 is 11.1 Å². The lowest BCUT2D eigenvalue weighted by molar-refractivity contribution is -0.144. The van der Waals surface area contributed by atoms with Crippen molar-refractivity contribution in [2.24, 2.45) is 5.73 Å². The number of hydrogen-bond donors (Lipinski definition) is 5. The van der Waals surface area contributed by atoms with E-state index in [-0.39, 0.29) is 49.0 Å². The number of carbonyl (C=O) groups is 4. The molecule has 2 rings (SSSR count). The van der Waals surface area contributed by atoms with Crippen LogP contribution in [0.25, 0.3) is 0 Å². The molecule has 0 aromatic heterocycles. The van der Waals surface area contributed by atoms with Crippen LogP contribution in [-0.4, -0.2) is 53.1 Å². The maximum atomic E-state index is 11.9. The minimum atomic E-state index is -0.567. The third kappa shape index (κ3) is 23.9. The molecule has 60 heavy (non-hydrogen) atoms. The van der Waals surface area contributed by atoms with Crippen LogP contribution < -0.4 is 21.7 Å². The normalized spacial score (nSPS) is 14.0. The predicted molar refractivity (Wildman–Crippen MR) is 246 cm³/mol. The number of nitrogens with two attached hydrogens (primary N) is 1. The molecule has 2 aromatic carbocycles. The maximum absolute atomic E-state index is 11.9. The molecule has 0 aliphatic heterocycles. The number of rotatable bonds is 30. The average Bonchev–Trinajstić information content (AvgIpc) is 3.21. The molecular weight excluding hydrogens is 753 g/mol.